The number of benzene rings is 1. The van der Waals surface area contributed by atoms with Crippen molar-refractivity contribution in [2.75, 3.05) is 20.2 Å². The predicted molar refractivity (Wildman–Crippen MR) is 116 cm³/mol. The molecule has 1 saturated heterocycles. The number of amides is 1. The molecular formula is C24H31N3O3. The van der Waals surface area contributed by atoms with Gasteiger partial charge in [-0.25, -0.2) is 5.01 Å². The Bertz CT molecular complexity index is 915. The molecule has 4 aliphatic rings. The smallest absolute Gasteiger partial charge is 0.247 e. The lowest BCUT2D eigenvalue weighted by Crippen LogP contribution is -2.51. The van der Waals surface area contributed by atoms with Crippen LogP contribution < -0.4 is 14.8 Å². The summed E-state index contributed by atoms with van der Waals surface area (Å²) in [6.45, 7) is 6.09. The summed E-state index contributed by atoms with van der Waals surface area (Å²) in [6, 6.07) is 4.28. The molecule has 160 valence electrons. The Morgan fingerprint density at radius 3 is 2.63 bits per heavy atom. The molecule has 6 nitrogen and oxygen atoms in total. The van der Waals surface area contributed by atoms with E-state index in [2.05, 4.69) is 37.4 Å². The van der Waals surface area contributed by atoms with Crippen molar-refractivity contribution in [2.24, 2.45) is 16.9 Å². The Morgan fingerprint density at radius 1 is 1.17 bits per heavy atom. The van der Waals surface area contributed by atoms with E-state index in [0.717, 1.165) is 73.5 Å². The van der Waals surface area contributed by atoms with Gasteiger partial charge >= 0.3 is 0 Å². The zero-order valence-electron chi connectivity index (χ0n) is 18.1. The Morgan fingerprint density at radius 2 is 1.90 bits per heavy atom. The third kappa shape index (κ3) is 3.22. The molecule has 1 aromatic carbocycles. The molecule has 0 radical (unpaired) electrons. The van der Waals surface area contributed by atoms with Crippen molar-refractivity contribution in [1.82, 2.24) is 10.3 Å². The van der Waals surface area contributed by atoms with E-state index in [1.54, 1.807) is 7.11 Å². The zero-order chi connectivity index (χ0) is 20.9. The van der Waals surface area contributed by atoms with Gasteiger partial charge in [-0.2, -0.15) is 5.10 Å². The van der Waals surface area contributed by atoms with Crippen molar-refractivity contribution in [3.63, 3.8) is 0 Å². The summed E-state index contributed by atoms with van der Waals surface area (Å²) in [4.78, 5) is 13.4. The van der Waals surface area contributed by atoms with Gasteiger partial charge in [0.05, 0.1) is 24.8 Å². The number of hydrogen-bond acceptors (Lipinski definition) is 5. The number of carbonyl (C=O) groups excluding carboxylic acids is 1. The van der Waals surface area contributed by atoms with Crippen molar-refractivity contribution < 1.29 is 14.3 Å². The van der Waals surface area contributed by atoms with Crippen LogP contribution in [0.2, 0.25) is 0 Å². The van der Waals surface area contributed by atoms with Gasteiger partial charge < -0.3 is 14.8 Å². The van der Waals surface area contributed by atoms with Crippen molar-refractivity contribution in [3.8, 4) is 11.5 Å². The predicted octanol–water partition coefficient (Wildman–Crippen LogP) is 3.29. The Balaban J connectivity index is 1.62. The van der Waals surface area contributed by atoms with Crippen LogP contribution in [0.25, 0.3) is 0 Å². The standard InChI is InChI=1S/C24H31N3O3/c1-24(2)14-19-17(8-9-20(29-3)22(19)30-24)21-16-6-4-5-7-18(16)23(28)27(26-21)15-10-12-25-13-11-15/h4-5,8-9,15-16,18,25H,6-7,10-14H2,1-3H3/t16-,18+/m0/s1. The summed E-state index contributed by atoms with van der Waals surface area (Å²) in [7, 11) is 1.68. The number of allylic oxidation sites excluding steroid dienone is 2. The second-order valence-electron chi connectivity index (χ2n) is 9.47. The van der Waals surface area contributed by atoms with E-state index in [0.29, 0.717) is 0 Å². The highest BCUT2D eigenvalue weighted by atomic mass is 16.5. The van der Waals surface area contributed by atoms with Gasteiger partial charge in [0.15, 0.2) is 11.5 Å². The molecule has 1 fully saturated rings. The average molecular weight is 410 g/mol. The minimum absolute atomic E-state index is 0.0227. The van der Waals surface area contributed by atoms with E-state index < -0.39 is 0 Å². The van der Waals surface area contributed by atoms with Gasteiger partial charge in [-0.15, -0.1) is 0 Å². The lowest BCUT2D eigenvalue weighted by Gasteiger charge is -2.41. The van der Waals surface area contributed by atoms with Gasteiger partial charge in [0, 0.05) is 23.5 Å². The molecule has 1 aromatic rings. The molecule has 3 aliphatic heterocycles. The van der Waals surface area contributed by atoms with Gasteiger partial charge in [0.25, 0.3) is 0 Å². The molecule has 6 heteroatoms. The third-order valence-corrected chi connectivity index (χ3v) is 6.90. The second kappa shape index (κ2) is 7.41. The van der Waals surface area contributed by atoms with E-state index in [-0.39, 0.29) is 29.4 Å². The molecule has 1 N–H and O–H groups in total. The Hall–Kier alpha value is -2.34. The van der Waals surface area contributed by atoms with Crippen LogP contribution in [0, 0.1) is 11.8 Å². The summed E-state index contributed by atoms with van der Waals surface area (Å²) >= 11 is 0. The highest BCUT2D eigenvalue weighted by Crippen LogP contribution is 2.46. The van der Waals surface area contributed by atoms with Crippen molar-refractivity contribution in [3.05, 3.63) is 35.4 Å². The van der Waals surface area contributed by atoms with E-state index >= 15 is 0 Å². The number of carbonyl (C=O) groups is 1. The average Bonchev–Trinajstić information content (AvgIpc) is 3.09. The van der Waals surface area contributed by atoms with E-state index in [9.17, 15) is 4.79 Å². The number of ether oxygens (including phenoxy) is 2. The monoisotopic (exact) mass is 409 g/mol. The maximum absolute atomic E-state index is 13.4. The largest absolute Gasteiger partial charge is 0.493 e. The van der Waals surface area contributed by atoms with E-state index in [1.165, 1.54) is 0 Å². The van der Waals surface area contributed by atoms with Crippen LogP contribution in [0.15, 0.2) is 29.4 Å². The fourth-order valence-electron chi connectivity index (χ4n) is 5.40. The molecule has 0 unspecified atom stereocenters. The van der Waals surface area contributed by atoms with Gasteiger partial charge in [0.2, 0.25) is 5.91 Å². The van der Waals surface area contributed by atoms with Crippen LogP contribution in [0.4, 0.5) is 0 Å². The quantitative estimate of drug-likeness (QED) is 0.778. The van der Waals surface area contributed by atoms with Crippen LogP contribution in [0.5, 0.6) is 11.5 Å². The van der Waals surface area contributed by atoms with Crippen LogP contribution in [0.1, 0.15) is 50.7 Å². The van der Waals surface area contributed by atoms with Crippen LogP contribution >= 0.6 is 0 Å². The number of nitrogens with one attached hydrogen (secondary N) is 1. The topological polar surface area (TPSA) is 63.2 Å². The first kappa shape index (κ1) is 19.6. The van der Waals surface area contributed by atoms with Crippen LogP contribution in [-0.2, 0) is 11.2 Å². The molecule has 30 heavy (non-hydrogen) atoms. The molecule has 3 heterocycles. The van der Waals surface area contributed by atoms with Crippen LogP contribution in [-0.4, -0.2) is 48.5 Å². The summed E-state index contributed by atoms with van der Waals surface area (Å²) in [5.74, 6) is 1.90. The first-order chi connectivity index (χ1) is 14.5. The maximum Gasteiger partial charge on any atom is 0.247 e. The van der Waals surface area contributed by atoms with Gasteiger partial charge in [0.1, 0.15) is 5.60 Å². The van der Waals surface area contributed by atoms with E-state index in [1.807, 2.05) is 11.1 Å². The Labute approximate surface area is 178 Å². The molecular weight excluding hydrogens is 378 g/mol. The molecule has 2 atom stereocenters. The first-order valence-electron chi connectivity index (χ1n) is 11.1. The second-order valence-corrected chi connectivity index (χ2v) is 9.47. The summed E-state index contributed by atoms with van der Waals surface area (Å²) in [6.07, 6.45) is 8.73. The number of rotatable bonds is 3. The van der Waals surface area contributed by atoms with Crippen LogP contribution in [0.3, 0.4) is 0 Å². The molecule has 0 saturated carbocycles. The number of hydrogen-bond donors (Lipinski definition) is 1. The highest BCUT2D eigenvalue weighted by molar-refractivity contribution is 6.08. The fraction of sp³-hybridized carbons (Fsp3) is 0.583. The van der Waals surface area contributed by atoms with Gasteiger partial charge in [-0.05, 0) is 64.8 Å². The fourth-order valence-corrected chi connectivity index (χ4v) is 5.40. The van der Waals surface area contributed by atoms with Crippen molar-refractivity contribution in [1.29, 1.82) is 0 Å². The summed E-state index contributed by atoms with van der Waals surface area (Å²) in [5.41, 5.74) is 3.04. The highest BCUT2D eigenvalue weighted by Gasteiger charge is 2.44. The lowest BCUT2D eigenvalue weighted by atomic mass is 9.75. The lowest BCUT2D eigenvalue weighted by molar-refractivity contribution is -0.141. The summed E-state index contributed by atoms with van der Waals surface area (Å²) in [5, 5.41) is 10.3. The number of piperidine rings is 1. The molecule has 0 spiro atoms. The molecule has 0 aromatic heterocycles. The molecule has 5 rings (SSSR count). The number of nitrogens with zero attached hydrogens (tertiary/aromatic N) is 2. The maximum atomic E-state index is 13.4. The third-order valence-electron chi connectivity index (χ3n) is 6.90. The zero-order valence-corrected chi connectivity index (χ0v) is 18.1. The molecule has 0 bridgehead atoms. The van der Waals surface area contributed by atoms with E-state index in [4.69, 9.17) is 14.6 Å². The number of hydrazone groups is 1. The van der Waals surface area contributed by atoms with Gasteiger partial charge in [-0.3, -0.25) is 4.79 Å². The first-order valence-corrected chi connectivity index (χ1v) is 11.1. The molecule has 1 amide bonds. The molecule has 1 aliphatic carbocycles. The number of methoxy groups -OCH3 is 1. The number of fused-ring (bicyclic) bond motifs is 2. The van der Waals surface area contributed by atoms with Crippen molar-refractivity contribution >= 4 is 11.6 Å². The SMILES string of the molecule is COc1ccc(C2=NN(C3CCNCC3)C(=O)[C@@H]3CC=CC[C@H]23)c2c1OC(C)(C)C2. The normalized spacial score (nSPS) is 27.9. The van der Waals surface area contributed by atoms with Crippen molar-refractivity contribution in [2.45, 2.75) is 57.6 Å². The Kier molecular flexibility index (Phi) is 4.85. The minimum Gasteiger partial charge on any atom is -0.493 e. The van der Waals surface area contributed by atoms with Gasteiger partial charge in [-0.1, -0.05) is 12.2 Å². The minimum atomic E-state index is -0.280. The summed E-state index contributed by atoms with van der Waals surface area (Å²) < 4.78 is 11.9.